The first kappa shape index (κ1) is 10.9. The zero-order valence-corrected chi connectivity index (χ0v) is 9.88. The fourth-order valence-electron chi connectivity index (χ4n) is 3.01. The minimum absolute atomic E-state index is 0.0720. The predicted molar refractivity (Wildman–Crippen MR) is 60.7 cm³/mol. The van der Waals surface area contributed by atoms with E-state index in [0.29, 0.717) is 5.91 Å². The van der Waals surface area contributed by atoms with E-state index in [1.165, 1.54) is 19.3 Å². The zero-order valence-electron chi connectivity index (χ0n) is 9.88. The van der Waals surface area contributed by atoms with Gasteiger partial charge in [-0.2, -0.15) is 0 Å². The van der Waals surface area contributed by atoms with Crippen LogP contribution in [0, 0.1) is 0 Å². The summed E-state index contributed by atoms with van der Waals surface area (Å²) in [5.74, 6) is 0.338. The van der Waals surface area contributed by atoms with Crippen LogP contribution in [-0.2, 0) is 4.79 Å². The molecule has 1 amide bonds. The molecule has 1 aliphatic carbocycles. The second-order valence-electron chi connectivity index (χ2n) is 4.90. The lowest BCUT2D eigenvalue weighted by molar-refractivity contribution is -0.147. The van der Waals surface area contributed by atoms with Crippen molar-refractivity contribution in [2.45, 2.75) is 57.0 Å². The van der Waals surface area contributed by atoms with Crippen LogP contribution in [0.25, 0.3) is 0 Å². The topological polar surface area (TPSA) is 32.3 Å². The number of nitrogens with zero attached hydrogens (tertiary/aromatic N) is 1. The summed E-state index contributed by atoms with van der Waals surface area (Å²) in [4.78, 5) is 14.4. The third-order valence-electron chi connectivity index (χ3n) is 4.30. The highest BCUT2D eigenvalue weighted by atomic mass is 16.2. The molecule has 1 saturated carbocycles. The fourth-order valence-corrected chi connectivity index (χ4v) is 3.01. The van der Waals surface area contributed by atoms with Crippen LogP contribution in [0.3, 0.4) is 0 Å². The Labute approximate surface area is 92.2 Å². The van der Waals surface area contributed by atoms with Gasteiger partial charge in [-0.25, -0.2) is 0 Å². The first-order chi connectivity index (χ1) is 7.23. The molecule has 2 fully saturated rings. The van der Waals surface area contributed by atoms with Gasteiger partial charge in [0.25, 0.3) is 0 Å². The quantitative estimate of drug-likeness (QED) is 0.766. The van der Waals surface area contributed by atoms with E-state index in [0.717, 1.165) is 25.8 Å². The van der Waals surface area contributed by atoms with E-state index in [1.807, 2.05) is 7.05 Å². The summed E-state index contributed by atoms with van der Waals surface area (Å²) in [6, 6.07) is 0.0720. The lowest BCUT2D eigenvalue weighted by Gasteiger charge is -2.52. The second kappa shape index (κ2) is 4.12. The van der Waals surface area contributed by atoms with E-state index in [9.17, 15) is 4.79 Å². The van der Waals surface area contributed by atoms with Gasteiger partial charge in [-0.05, 0) is 45.6 Å². The monoisotopic (exact) mass is 210 g/mol. The maximum atomic E-state index is 12.2. The van der Waals surface area contributed by atoms with E-state index in [-0.39, 0.29) is 11.6 Å². The normalized spacial score (nSPS) is 30.1. The largest absolute Gasteiger partial charge is 0.336 e. The molecule has 0 aromatic rings. The molecule has 2 aliphatic rings. The van der Waals surface area contributed by atoms with Crippen molar-refractivity contribution in [3.05, 3.63) is 0 Å². The Morgan fingerprint density at radius 2 is 2.20 bits per heavy atom. The number of amides is 1. The smallest absolute Gasteiger partial charge is 0.240 e. The Hall–Kier alpha value is -0.570. The average molecular weight is 210 g/mol. The molecule has 0 spiro atoms. The first-order valence-electron chi connectivity index (χ1n) is 6.22. The summed E-state index contributed by atoms with van der Waals surface area (Å²) in [6.07, 6.45) is 7.00. The lowest BCUT2D eigenvalue weighted by Crippen LogP contribution is -2.62. The van der Waals surface area contributed by atoms with Crippen LogP contribution in [0.2, 0.25) is 0 Å². The zero-order chi connectivity index (χ0) is 10.9. The van der Waals surface area contributed by atoms with Crippen LogP contribution in [-0.4, -0.2) is 36.0 Å². The molecule has 0 radical (unpaired) electrons. The molecule has 1 N–H and O–H groups in total. The van der Waals surface area contributed by atoms with Crippen LogP contribution in [0.15, 0.2) is 0 Å². The van der Waals surface area contributed by atoms with Crippen LogP contribution >= 0.6 is 0 Å². The Bertz CT molecular complexity index is 242. The maximum absolute atomic E-state index is 12.2. The summed E-state index contributed by atoms with van der Waals surface area (Å²) < 4.78 is 0. The van der Waals surface area contributed by atoms with Crippen molar-refractivity contribution in [1.82, 2.24) is 10.2 Å². The van der Waals surface area contributed by atoms with Crippen LogP contribution in [0.4, 0.5) is 0 Å². The van der Waals surface area contributed by atoms with Crippen LogP contribution in [0.1, 0.15) is 45.4 Å². The Morgan fingerprint density at radius 3 is 2.67 bits per heavy atom. The number of hydrogen-bond donors (Lipinski definition) is 1. The minimum Gasteiger partial charge on any atom is -0.336 e. The molecule has 2 rings (SSSR count). The highest BCUT2D eigenvalue weighted by molar-refractivity contribution is 5.83. The van der Waals surface area contributed by atoms with Gasteiger partial charge in [0.05, 0.1) is 6.04 Å². The molecular formula is C12H22N2O. The van der Waals surface area contributed by atoms with Gasteiger partial charge in [0.1, 0.15) is 0 Å². The van der Waals surface area contributed by atoms with Crippen LogP contribution < -0.4 is 5.32 Å². The van der Waals surface area contributed by atoms with Crippen molar-refractivity contribution in [2.24, 2.45) is 0 Å². The highest BCUT2D eigenvalue weighted by Gasteiger charge is 2.45. The Balaban J connectivity index is 2.10. The standard InChI is InChI=1S/C12H22N2O/c1-3-12(7-5-8-12)14-9-4-6-10(13-2)11(14)15/h10,13H,3-9H2,1-2H3. The Morgan fingerprint density at radius 1 is 1.47 bits per heavy atom. The molecule has 1 saturated heterocycles. The van der Waals surface area contributed by atoms with Crippen molar-refractivity contribution in [1.29, 1.82) is 0 Å². The number of nitrogens with one attached hydrogen (secondary N) is 1. The van der Waals surface area contributed by atoms with E-state index >= 15 is 0 Å². The molecule has 1 heterocycles. The van der Waals surface area contributed by atoms with E-state index in [1.54, 1.807) is 0 Å². The molecule has 1 unspecified atom stereocenters. The molecule has 0 aromatic carbocycles. The van der Waals surface area contributed by atoms with Gasteiger partial charge in [-0.1, -0.05) is 6.92 Å². The van der Waals surface area contributed by atoms with Crippen molar-refractivity contribution < 1.29 is 4.79 Å². The van der Waals surface area contributed by atoms with Gasteiger partial charge in [-0.15, -0.1) is 0 Å². The van der Waals surface area contributed by atoms with Crippen molar-refractivity contribution >= 4 is 5.91 Å². The van der Waals surface area contributed by atoms with Crippen molar-refractivity contribution in [3.63, 3.8) is 0 Å². The van der Waals surface area contributed by atoms with Gasteiger partial charge in [-0.3, -0.25) is 4.79 Å². The summed E-state index contributed by atoms with van der Waals surface area (Å²) >= 11 is 0. The van der Waals surface area contributed by atoms with E-state index in [2.05, 4.69) is 17.1 Å². The number of rotatable bonds is 3. The molecule has 86 valence electrons. The predicted octanol–water partition coefficient (Wildman–Crippen LogP) is 1.53. The average Bonchev–Trinajstić information content (AvgIpc) is 2.20. The van der Waals surface area contributed by atoms with Gasteiger partial charge < -0.3 is 10.2 Å². The number of hydrogen-bond acceptors (Lipinski definition) is 2. The summed E-state index contributed by atoms with van der Waals surface area (Å²) in [5, 5.41) is 3.14. The third kappa shape index (κ3) is 1.67. The molecule has 1 atom stereocenters. The molecule has 15 heavy (non-hydrogen) atoms. The fraction of sp³-hybridized carbons (Fsp3) is 0.917. The lowest BCUT2D eigenvalue weighted by atomic mass is 9.72. The molecular weight excluding hydrogens is 188 g/mol. The molecule has 3 nitrogen and oxygen atoms in total. The van der Waals surface area contributed by atoms with Crippen molar-refractivity contribution in [3.8, 4) is 0 Å². The number of piperidine rings is 1. The van der Waals surface area contributed by atoms with Crippen LogP contribution in [0.5, 0.6) is 0 Å². The first-order valence-corrected chi connectivity index (χ1v) is 6.22. The van der Waals surface area contributed by atoms with Gasteiger partial charge in [0, 0.05) is 12.1 Å². The number of carbonyl (C=O) groups is 1. The SMILES string of the molecule is CCC1(N2CCCC(NC)C2=O)CCC1. The van der Waals surface area contributed by atoms with E-state index in [4.69, 9.17) is 0 Å². The third-order valence-corrected chi connectivity index (χ3v) is 4.30. The minimum atomic E-state index is 0.0720. The molecule has 0 aromatic heterocycles. The molecule has 1 aliphatic heterocycles. The molecule has 3 heteroatoms. The number of likely N-dealkylation sites (N-methyl/N-ethyl adjacent to an activating group) is 1. The van der Waals surface area contributed by atoms with Gasteiger partial charge in [0.15, 0.2) is 0 Å². The number of carbonyl (C=O) groups excluding carboxylic acids is 1. The summed E-state index contributed by atoms with van der Waals surface area (Å²) in [6.45, 7) is 3.19. The van der Waals surface area contributed by atoms with E-state index < -0.39 is 0 Å². The molecule has 0 bridgehead atoms. The summed E-state index contributed by atoms with van der Waals surface area (Å²) in [5.41, 5.74) is 0.229. The second-order valence-corrected chi connectivity index (χ2v) is 4.90. The van der Waals surface area contributed by atoms with Crippen molar-refractivity contribution in [2.75, 3.05) is 13.6 Å². The maximum Gasteiger partial charge on any atom is 0.240 e. The Kier molecular flexibility index (Phi) is 3.01. The number of likely N-dealkylation sites (tertiary alicyclic amines) is 1. The van der Waals surface area contributed by atoms with Gasteiger partial charge in [0.2, 0.25) is 5.91 Å². The summed E-state index contributed by atoms with van der Waals surface area (Å²) in [7, 11) is 1.89. The van der Waals surface area contributed by atoms with Gasteiger partial charge >= 0.3 is 0 Å². The highest BCUT2D eigenvalue weighted by Crippen LogP contribution is 2.41.